The SMILES string of the molecule is C=C1[C@@H](O)[C@]23C[C@@H]1[C@@H](O)C=C2[C@@]12CO[C@@]3(O)[C@@H](O)[C@@H]1C(C)(C)CC[C@@H]2OC(C)=O. The molecular weight excluding hydrogens is 376 g/mol. The van der Waals surface area contributed by atoms with Crippen LogP contribution in [-0.4, -0.2) is 63.2 Å². The molecule has 3 saturated carbocycles. The van der Waals surface area contributed by atoms with Gasteiger partial charge >= 0.3 is 5.97 Å². The molecule has 0 aromatic heterocycles. The van der Waals surface area contributed by atoms with E-state index in [9.17, 15) is 25.2 Å². The second kappa shape index (κ2) is 5.51. The van der Waals surface area contributed by atoms with Gasteiger partial charge in [0.1, 0.15) is 12.2 Å². The van der Waals surface area contributed by atoms with Crippen molar-refractivity contribution in [2.45, 2.75) is 70.2 Å². The maximum atomic E-state index is 12.0. The van der Waals surface area contributed by atoms with E-state index in [2.05, 4.69) is 6.58 Å². The maximum Gasteiger partial charge on any atom is 0.302 e. The molecule has 6 aliphatic rings. The Morgan fingerprint density at radius 2 is 2.00 bits per heavy atom. The summed E-state index contributed by atoms with van der Waals surface area (Å²) in [5.41, 5.74) is -1.53. The van der Waals surface area contributed by atoms with Crippen molar-refractivity contribution >= 4 is 5.97 Å². The van der Waals surface area contributed by atoms with Crippen molar-refractivity contribution in [3.05, 3.63) is 23.8 Å². The van der Waals surface area contributed by atoms with Crippen LogP contribution < -0.4 is 0 Å². The summed E-state index contributed by atoms with van der Waals surface area (Å²) in [5.74, 6) is -3.32. The van der Waals surface area contributed by atoms with E-state index in [1.54, 1.807) is 6.08 Å². The summed E-state index contributed by atoms with van der Waals surface area (Å²) in [6.45, 7) is 9.46. The van der Waals surface area contributed by atoms with E-state index in [1.807, 2.05) is 13.8 Å². The largest absolute Gasteiger partial charge is 0.462 e. The highest BCUT2D eigenvalue weighted by molar-refractivity contribution is 5.66. The number of hydrogen-bond donors (Lipinski definition) is 4. The Bertz CT molecular complexity index is 833. The molecule has 7 heteroatoms. The van der Waals surface area contributed by atoms with Crippen LogP contribution in [0.15, 0.2) is 23.8 Å². The molecule has 0 unspecified atom stereocenters. The lowest BCUT2D eigenvalue weighted by Gasteiger charge is -2.73. The minimum atomic E-state index is -2.00. The molecule has 6 rings (SSSR count). The fourth-order valence-electron chi connectivity index (χ4n) is 7.67. The number of hydrogen-bond acceptors (Lipinski definition) is 7. The minimum absolute atomic E-state index is 0.0524. The Morgan fingerprint density at radius 3 is 2.66 bits per heavy atom. The van der Waals surface area contributed by atoms with Gasteiger partial charge in [-0.2, -0.15) is 0 Å². The lowest BCUT2D eigenvalue weighted by Crippen LogP contribution is -2.81. The van der Waals surface area contributed by atoms with Crippen molar-refractivity contribution in [1.29, 1.82) is 0 Å². The van der Waals surface area contributed by atoms with Gasteiger partial charge in [-0.1, -0.05) is 26.5 Å². The summed E-state index contributed by atoms with van der Waals surface area (Å²) < 4.78 is 11.7. The zero-order valence-corrected chi connectivity index (χ0v) is 17.1. The van der Waals surface area contributed by atoms with Crippen molar-refractivity contribution in [3.8, 4) is 0 Å². The highest BCUT2D eigenvalue weighted by atomic mass is 16.6. The molecule has 4 bridgehead atoms. The monoisotopic (exact) mass is 406 g/mol. The second-order valence-electron chi connectivity index (χ2n) is 10.4. The van der Waals surface area contributed by atoms with Crippen LogP contribution in [0.1, 0.15) is 40.0 Å². The third kappa shape index (κ3) is 1.95. The molecular formula is C22H30O7. The standard InChI is InChI=1S/C22H30O7/c1-10-12-8-21(17(10)25)14(7-13(12)24)20-9-28-22(21,27)18(26)16(20)19(3,4)6-5-15(20)29-11(2)23/h7,12-13,15-18,24-27H,1,5-6,8-9H2,2-4H3/t12-,13-,15-,16+,17+,18-,20+,21-,22-/m0/s1. The van der Waals surface area contributed by atoms with Crippen molar-refractivity contribution in [2.75, 3.05) is 6.61 Å². The van der Waals surface area contributed by atoms with Gasteiger partial charge in [-0.15, -0.1) is 0 Å². The second-order valence-corrected chi connectivity index (χ2v) is 10.4. The molecule has 7 nitrogen and oxygen atoms in total. The third-order valence-corrected chi connectivity index (χ3v) is 8.79. The fraction of sp³-hybridized carbons (Fsp3) is 0.773. The molecule has 9 atom stereocenters. The van der Waals surface area contributed by atoms with E-state index in [-0.39, 0.29) is 18.4 Å². The average Bonchev–Trinajstić information content (AvgIpc) is 2.85. The molecule has 2 aliphatic heterocycles. The Hall–Kier alpha value is -1.25. The normalized spacial score (nSPS) is 54.4. The van der Waals surface area contributed by atoms with Crippen LogP contribution in [0.3, 0.4) is 0 Å². The smallest absolute Gasteiger partial charge is 0.302 e. The van der Waals surface area contributed by atoms with E-state index >= 15 is 0 Å². The zero-order chi connectivity index (χ0) is 21.1. The number of aliphatic hydroxyl groups is 4. The first-order valence-corrected chi connectivity index (χ1v) is 10.4. The maximum absolute atomic E-state index is 12.0. The van der Waals surface area contributed by atoms with Gasteiger partial charge in [-0.05, 0) is 35.8 Å². The van der Waals surface area contributed by atoms with Gasteiger partial charge in [-0.3, -0.25) is 4.79 Å². The lowest BCUT2D eigenvalue weighted by atomic mass is 9.38. The molecule has 0 amide bonds. The van der Waals surface area contributed by atoms with Gasteiger partial charge in [-0.25, -0.2) is 0 Å². The van der Waals surface area contributed by atoms with Gasteiger partial charge in [0.15, 0.2) is 0 Å². The molecule has 0 aromatic carbocycles. The lowest BCUT2D eigenvalue weighted by molar-refractivity contribution is -0.419. The Morgan fingerprint density at radius 1 is 1.31 bits per heavy atom. The number of esters is 1. The molecule has 29 heavy (non-hydrogen) atoms. The van der Waals surface area contributed by atoms with Crippen LogP contribution in [0, 0.1) is 28.1 Å². The molecule has 2 saturated heterocycles. The number of rotatable bonds is 1. The van der Waals surface area contributed by atoms with Gasteiger partial charge in [0.25, 0.3) is 0 Å². The van der Waals surface area contributed by atoms with Crippen LogP contribution in [0.4, 0.5) is 0 Å². The van der Waals surface area contributed by atoms with Crippen LogP contribution >= 0.6 is 0 Å². The number of aliphatic hydroxyl groups excluding tert-OH is 3. The first-order chi connectivity index (χ1) is 13.4. The van der Waals surface area contributed by atoms with E-state index < -0.39 is 58.8 Å². The first kappa shape index (κ1) is 19.7. The zero-order valence-electron chi connectivity index (χ0n) is 17.1. The summed E-state index contributed by atoms with van der Waals surface area (Å²) >= 11 is 0. The van der Waals surface area contributed by atoms with E-state index in [1.165, 1.54) is 6.92 Å². The van der Waals surface area contributed by atoms with Crippen molar-refractivity contribution < 1.29 is 34.7 Å². The number of carbonyl (C=O) groups excluding carboxylic acids is 1. The first-order valence-electron chi connectivity index (χ1n) is 10.4. The van der Waals surface area contributed by atoms with Gasteiger partial charge in [0.05, 0.1) is 29.6 Å². The summed E-state index contributed by atoms with van der Waals surface area (Å²) in [5, 5.41) is 45.4. The molecule has 2 heterocycles. The topological polar surface area (TPSA) is 116 Å². The number of ether oxygens (including phenoxy) is 2. The van der Waals surface area contributed by atoms with Gasteiger partial charge < -0.3 is 29.9 Å². The number of carbonyl (C=O) groups is 1. The Labute approximate surface area is 170 Å². The minimum Gasteiger partial charge on any atom is -0.462 e. The van der Waals surface area contributed by atoms with Crippen molar-refractivity contribution in [2.24, 2.45) is 28.1 Å². The van der Waals surface area contributed by atoms with Crippen LogP contribution in [0.25, 0.3) is 0 Å². The van der Waals surface area contributed by atoms with E-state index in [0.29, 0.717) is 24.0 Å². The predicted molar refractivity (Wildman–Crippen MR) is 101 cm³/mol. The molecule has 5 fully saturated rings. The highest BCUT2D eigenvalue weighted by Gasteiger charge is 2.83. The summed E-state index contributed by atoms with van der Waals surface area (Å²) in [6.07, 6.45) is -0.678. The van der Waals surface area contributed by atoms with Crippen LogP contribution in [0.5, 0.6) is 0 Å². The fourth-order valence-corrected chi connectivity index (χ4v) is 7.67. The quantitative estimate of drug-likeness (QED) is 0.373. The Balaban J connectivity index is 1.81. The molecule has 0 aromatic rings. The molecule has 0 radical (unpaired) electrons. The van der Waals surface area contributed by atoms with E-state index in [0.717, 1.165) is 0 Å². The van der Waals surface area contributed by atoms with Crippen LogP contribution in [0.2, 0.25) is 0 Å². The summed E-state index contributed by atoms with van der Waals surface area (Å²) in [6, 6.07) is 0. The molecule has 4 aliphatic carbocycles. The van der Waals surface area contributed by atoms with Crippen molar-refractivity contribution in [3.63, 3.8) is 0 Å². The molecule has 160 valence electrons. The summed E-state index contributed by atoms with van der Waals surface area (Å²) in [4.78, 5) is 12.0. The summed E-state index contributed by atoms with van der Waals surface area (Å²) in [7, 11) is 0. The van der Waals surface area contributed by atoms with E-state index in [4.69, 9.17) is 9.47 Å². The van der Waals surface area contributed by atoms with Gasteiger partial charge in [0.2, 0.25) is 5.79 Å². The highest BCUT2D eigenvalue weighted by Crippen LogP contribution is 2.76. The molecule has 4 N–H and O–H groups in total. The predicted octanol–water partition coefficient (Wildman–Crippen LogP) is 0.658. The average molecular weight is 406 g/mol. The third-order valence-electron chi connectivity index (χ3n) is 8.79. The van der Waals surface area contributed by atoms with Crippen molar-refractivity contribution in [1.82, 2.24) is 0 Å². The number of fused-ring (bicyclic) bond motifs is 2. The van der Waals surface area contributed by atoms with Gasteiger partial charge in [0, 0.05) is 18.8 Å². The van der Waals surface area contributed by atoms with Crippen LogP contribution in [-0.2, 0) is 14.3 Å². The molecule has 2 spiro atoms. The Kier molecular flexibility index (Phi) is 3.74.